The lowest BCUT2D eigenvalue weighted by Crippen LogP contribution is -2.29. The molecule has 4 rings (SSSR count). The summed E-state index contributed by atoms with van der Waals surface area (Å²) in [4.78, 5) is 32.1. The highest BCUT2D eigenvalue weighted by molar-refractivity contribution is 6.46. The predicted molar refractivity (Wildman–Crippen MR) is 142 cm³/mol. The van der Waals surface area contributed by atoms with Crippen LogP contribution in [0.2, 0.25) is 5.02 Å². The fourth-order valence-corrected chi connectivity index (χ4v) is 4.37. The van der Waals surface area contributed by atoms with Crippen LogP contribution in [0.1, 0.15) is 49.4 Å². The first-order valence-corrected chi connectivity index (χ1v) is 12.6. The summed E-state index contributed by atoms with van der Waals surface area (Å²) in [6.45, 7) is 5.08. The molecule has 0 bridgehead atoms. The molecular weight excluding hydrogens is 492 g/mol. The highest BCUT2D eigenvalue weighted by atomic mass is 35.5. The summed E-state index contributed by atoms with van der Waals surface area (Å²) < 4.78 is 11.8. The van der Waals surface area contributed by atoms with E-state index in [4.69, 9.17) is 21.1 Å². The molecule has 1 fully saturated rings. The van der Waals surface area contributed by atoms with Crippen LogP contribution in [0.3, 0.4) is 0 Å². The smallest absolute Gasteiger partial charge is 0.295 e. The summed E-state index contributed by atoms with van der Waals surface area (Å²) in [5.41, 5.74) is 1.82. The number of halogens is 1. The van der Waals surface area contributed by atoms with E-state index in [1.54, 1.807) is 67.0 Å². The van der Waals surface area contributed by atoms with Crippen LogP contribution in [0.5, 0.6) is 11.5 Å². The minimum Gasteiger partial charge on any atom is -0.507 e. The van der Waals surface area contributed by atoms with Gasteiger partial charge in [-0.25, -0.2) is 0 Å². The van der Waals surface area contributed by atoms with E-state index >= 15 is 0 Å². The molecule has 2 heterocycles. The summed E-state index contributed by atoms with van der Waals surface area (Å²) in [6.07, 6.45) is 5.16. The molecule has 0 aliphatic carbocycles. The fourth-order valence-electron chi connectivity index (χ4n) is 4.25. The van der Waals surface area contributed by atoms with Gasteiger partial charge in [0, 0.05) is 29.5 Å². The second-order valence-electron chi connectivity index (χ2n) is 8.63. The largest absolute Gasteiger partial charge is 0.507 e. The van der Waals surface area contributed by atoms with Crippen molar-refractivity contribution in [2.75, 3.05) is 13.2 Å². The summed E-state index contributed by atoms with van der Waals surface area (Å²) in [5.74, 6) is -0.621. The topological polar surface area (TPSA) is 89.0 Å². The molecule has 1 N–H and O–H groups in total. The highest BCUT2D eigenvalue weighted by Gasteiger charge is 2.46. The Morgan fingerprint density at radius 2 is 1.73 bits per heavy atom. The first-order valence-electron chi connectivity index (χ1n) is 12.3. The first-order chi connectivity index (χ1) is 17.9. The van der Waals surface area contributed by atoms with Gasteiger partial charge in [0.15, 0.2) is 11.5 Å². The van der Waals surface area contributed by atoms with Crippen LogP contribution in [0.25, 0.3) is 5.76 Å². The number of aliphatic hydroxyl groups excluding tert-OH is 1. The Morgan fingerprint density at radius 1 is 1.00 bits per heavy atom. The zero-order valence-electron chi connectivity index (χ0n) is 20.8. The molecule has 0 spiro atoms. The van der Waals surface area contributed by atoms with E-state index < -0.39 is 17.7 Å². The van der Waals surface area contributed by atoms with Gasteiger partial charge in [-0.3, -0.25) is 14.6 Å². The standard InChI is InChI=1S/C29H29ClN2O5/c1-3-5-16-37-23-11-8-21(17-24(23)36-4-2)26-25(27(33)20-6-9-22(30)10-7-20)28(34)29(35)32(26)18-19-12-14-31-15-13-19/h6-15,17,26,33H,3-5,16,18H2,1-2H3. The summed E-state index contributed by atoms with van der Waals surface area (Å²) >= 11 is 6.02. The van der Waals surface area contributed by atoms with Gasteiger partial charge in [-0.1, -0.05) is 31.0 Å². The number of Topliss-reactive ketones (excluding diaryl/α,β-unsaturated/α-hetero) is 1. The molecule has 0 saturated carbocycles. The molecule has 1 amide bonds. The van der Waals surface area contributed by atoms with Crippen molar-refractivity contribution < 1.29 is 24.2 Å². The van der Waals surface area contributed by atoms with Crippen molar-refractivity contribution in [1.82, 2.24) is 9.88 Å². The summed E-state index contributed by atoms with van der Waals surface area (Å²) in [7, 11) is 0. The van der Waals surface area contributed by atoms with Crippen molar-refractivity contribution in [3.63, 3.8) is 0 Å². The molecule has 1 aromatic heterocycles. The lowest BCUT2D eigenvalue weighted by Gasteiger charge is -2.26. The lowest BCUT2D eigenvalue weighted by molar-refractivity contribution is -0.140. The molecule has 2 aromatic carbocycles. The van der Waals surface area contributed by atoms with Crippen molar-refractivity contribution >= 4 is 29.1 Å². The van der Waals surface area contributed by atoms with Gasteiger partial charge < -0.3 is 19.5 Å². The molecule has 192 valence electrons. The number of rotatable bonds is 10. The Morgan fingerprint density at radius 3 is 2.41 bits per heavy atom. The van der Waals surface area contributed by atoms with Gasteiger partial charge in [0.1, 0.15) is 5.76 Å². The summed E-state index contributed by atoms with van der Waals surface area (Å²) in [6, 6.07) is 14.5. The van der Waals surface area contributed by atoms with Crippen LogP contribution in [-0.4, -0.2) is 39.9 Å². The third-order valence-electron chi connectivity index (χ3n) is 6.10. The lowest BCUT2D eigenvalue weighted by atomic mass is 9.95. The number of ether oxygens (including phenoxy) is 2. The zero-order valence-corrected chi connectivity index (χ0v) is 21.6. The molecule has 1 unspecified atom stereocenters. The van der Waals surface area contributed by atoms with Crippen LogP contribution in [0, 0.1) is 0 Å². The van der Waals surface area contributed by atoms with Gasteiger partial charge >= 0.3 is 0 Å². The Kier molecular flexibility index (Phi) is 8.46. The predicted octanol–water partition coefficient (Wildman–Crippen LogP) is 5.93. The SMILES string of the molecule is CCCCOc1ccc(C2C(=C(O)c3ccc(Cl)cc3)C(=O)C(=O)N2Cc2ccncc2)cc1OCC. The average molecular weight is 521 g/mol. The fraction of sp³-hybridized carbons (Fsp3) is 0.276. The first kappa shape index (κ1) is 26.2. The van der Waals surface area contributed by atoms with E-state index in [1.807, 2.05) is 6.92 Å². The number of hydrogen-bond donors (Lipinski definition) is 1. The number of hydrogen-bond acceptors (Lipinski definition) is 6. The molecule has 1 aliphatic heterocycles. The van der Waals surface area contributed by atoms with Gasteiger partial charge in [0.2, 0.25) is 0 Å². The molecule has 1 saturated heterocycles. The van der Waals surface area contributed by atoms with Gasteiger partial charge in [-0.05, 0) is 73.0 Å². The third-order valence-corrected chi connectivity index (χ3v) is 6.35. The number of benzene rings is 2. The normalized spacial score (nSPS) is 16.7. The van der Waals surface area contributed by atoms with Crippen molar-refractivity contribution in [1.29, 1.82) is 0 Å². The van der Waals surface area contributed by atoms with Crippen LogP contribution >= 0.6 is 11.6 Å². The maximum absolute atomic E-state index is 13.3. The van der Waals surface area contributed by atoms with Gasteiger partial charge in [0.25, 0.3) is 11.7 Å². The molecule has 8 heteroatoms. The molecule has 1 aliphatic rings. The number of carbonyl (C=O) groups is 2. The van der Waals surface area contributed by atoms with E-state index in [-0.39, 0.29) is 17.9 Å². The zero-order chi connectivity index (χ0) is 26.4. The van der Waals surface area contributed by atoms with Gasteiger partial charge in [-0.15, -0.1) is 0 Å². The second kappa shape index (κ2) is 11.9. The Hall–Kier alpha value is -3.84. The van der Waals surface area contributed by atoms with E-state index in [9.17, 15) is 14.7 Å². The van der Waals surface area contributed by atoms with Crippen LogP contribution in [0.4, 0.5) is 0 Å². The number of amides is 1. The van der Waals surface area contributed by atoms with Crippen LogP contribution < -0.4 is 9.47 Å². The number of ketones is 1. The Bertz CT molecular complexity index is 1290. The van der Waals surface area contributed by atoms with Gasteiger partial charge in [0.05, 0.1) is 24.8 Å². The number of aromatic nitrogens is 1. The molecule has 7 nitrogen and oxygen atoms in total. The number of nitrogens with zero attached hydrogens (tertiary/aromatic N) is 2. The average Bonchev–Trinajstić information content (AvgIpc) is 3.15. The minimum absolute atomic E-state index is 0.00322. The van der Waals surface area contributed by atoms with E-state index in [0.29, 0.717) is 40.9 Å². The Balaban J connectivity index is 1.83. The van der Waals surface area contributed by atoms with Crippen molar-refractivity contribution in [3.05, 3.63) is 94.3 Å². The number of unbranched alkanes of at least 4 members (excludes halogenated alkanes) is 1. The number of aliphatic hydroxyl groups is 1. The molecule has 3 aromatic rings. The molecular formula is C29H29ClN2O5. The van der Waals surface area contributed by atoms with E-state index in [1.165, 1.54) is 4.90 Å². The number of pyridine rings is 1. The molecule has 37 heavy (non-hydrogen) atoms. The van der Waals surface area contributed by atoms with Crippen molar-refractivity contribution in [2.24, 2.45) is 0 Å². The third kappa shape index (κ3) is 5.78. The number of likely N-dealkylation sites (tertiary alicyclic amines) is 1. The number of carbonyl (C=O) groups excluding carboxylic acids is 2. The van der Waals surface area contributed by atoms with Gasteiger partial charge in [-0.2, -0.15) is 0 Å². The van der Waals surface area contributed by atoms with E-state index in [0.717, 1.165) is 18.4 Å². The second-order valence-corrected chi connectivity index (χ2v) is 9.07. The monoisotopic (exact) mass is 520 g/mol. The molecule has 1 atom stereocenters. The van der Waals surface area contributed by atoms with Crippen molar-refractivity contribution in [3.8, 4) is 11.5 Å². The summed E-state index contributed by atoms with van der Waals surface area (Å²) in [5, 5.41) is 11.7. The van der Waals surface area contributed by atoms with Crippen molar-refractivity contribution in [2.45, 2.75) is 39.3 Å². The highest BCUT2D eigenvalue weighted by Crippen LogP contribution is 2.42. The van der Waals surface area contributed by atoms with Crippen LogP contribution in [0.15, 0.2) is 72.6 Å². The minimum atomic E-state index is -0.840. The maximum atomic E-state index is 13.3. The van der Waals surface area contributed by atoms with E-state index in [2.05, 4.69) is 11.9 Å². The van der Waals surface area contributed by atoms with Crippen LogP contribution in [-0.2, 0) is 16.1 Å². The molecule has 0 radical (unpaired) electrons. The maximum Gasteiger partial charge on any atom is 0.295 e. The quantitative estimate of drug-likeness (QED) is 0.154. The Labute approximate surface area is 221 Å².